The van der Waals surface area contributed by atoms with E-state index in [9.17, 15) is 4.79 Å². The van der Waals surface area contributed by atoms with E-state index in [2.05, 4.69) is 37.9 Å². The third-order valence-corrected chi connectivity index (χ3v) is 3.70. The molecule has 0 fully saturated rings. The number of benzene rings is 1. The maximum atomic E-state index is 11.9. The van der Waals surface area contributed by atoms with Crippen molar-refractivity contribution in [1.82, 2.24) is 10.2 Å². The first-order valence-corrected chi connectivity index (χ1v) is 7.77. The second kappa shape index (κ2) is 12.5. The van der Waals surface area contributed by atoms with Gasteiger partial charge in [0.05, 0.1) is 0 Å². The molecule has 0 atom stereocenters. The van der Waals surface area contributed by atoms with Crippen molar-refractivity contribution >= 4 is 36.4 Å². The summed E-state index contributed by atoms with van der Waals surface area (Å²) in [5.74, 6) is 0.0886. The summed E-state index contributed by atoms with van der Waals surface area (Å²) < 4.78 is 0. The Labute approximate surface area is 153 Å². The van der Waals surface area contributed by atoms with E-state index >= 15 is 0 Å². The van der Waals surface area contributed by atoms with Gasteiger partial charge in [-0.15, -0.1) is 24.8 Å². The van der Waals surface area contributed by atoms with E-state index < -0.39 is 0 Å². The number of nitrogens with one attached hydrogen (secondary N) is 1. The van der Waals surface area contributed by atoms with Gasteiger partial charge in [-0.25, -0.2) is 0 Å². The van der Waals surface area contributed by atoms with Crippen LogP contribution in [0.1, 0.15) is 39.7 Å². The van der Waals surface area contributed by atoms with Gasteiger partial charge in [-0.1, -0.05) is 18.2 Å². The van der Waals surface area contributed by atoms with Crippen LogP contribution in [0.25, 0.3) is 0 Å². The number of aryl methyl sites for hydroxylation is 1. The molecule has 0 unspecified atom stereocenters. The molecule has 0 heterocycles. The fourth-order valence-corrected chi connectivity index (χ4v) is 2.54. The van der Waals surface area contributed by atoms with Crippen LogP contribution in [0, 0.1) is 0 Å². The number of nitrogens with zero attached hydrogens (tertiary/aromatic N) is 1. The van der Waals surface area contributed by atoms with E-state index in [1.54, 1.807) is 0 Å². The van der Waals surface area contributed by atoms with Crippen LogP contribution in [0.4, 0.5) is 5.69 Å². The number of rotatable bonds is 8. The second-order valence-corrected chi connectivity index (χ2v) is 5.97. The Morgan fingerprint density at radius 2 is 1.70 bits per heavy atom. The van der Waals surface area contributed by atoms with Gasteiger partial charge < -0.3 is 11.1 Å². The fraction of sp³-hybridized carbons (Fsp3) is 0.588. The minimum absolute atomic E-state index is 0. The zero-order chi connectivity index (χ0) is 15.8. The number of para-hydroxylation sites is 1. The van der Waals surface area contributed by atoms with Crippen LogP contribution in [-0.2, 0) is 11.2 Å². The summed E-state index contributed by atoms with van der Waals surface area (Å²) in [5, 5.41) is 2.99. The van der Waals surface area contributed by atoms with Crippen molar-refractivity contribution in [3.63, 3.8) is 0 Å². The lowest BCUT2D eigenvalue weighted by molar-refractivity contribution is -0.121. The Balaban J connectivity index is 0. The molecule has 0 saturated carbocycles. The molecule has 1 rings (SSSR count). The second-order valence-electron chi connectivity index (χ2n) is 5.97. The number of hydrogen-bond donors (Lipinski definition) is 2. The van der Waals surface area contributed by atoms with Crippen molar-refractivity contribution in [3.05, 3.63) is 29.8 Å². The van der Waals surface area contributed by atoms with Crippen molar-refractivity contribution in [2.45, 2.75) is 52.6 Å². The molecule has 0 spiro atoms. The number of carbonyl (C=O) groups is 1. The molecular weight excluding hydrogens is 333 g/mol. The van der Waals surface area contributed by atoms with Gasteiger partial charge in [0.15, 0.2) is 0 Å². The number of hydrogen-bond acceptors (Lipinski definition) is 3. The third-order valence-electron chi connectivity index (χ3n) is 3.70. The Bertz CT molecular complexity index is 445. The molecule has 0 aliphatic carbocycles. The Morgan fingerprint density at radius 3 is 2.22 bits per heavy atom. The number of carbonyl (C=O) groups excluding carboxylic acids is 1. The van der Waals surface area contributed by atoms with E-state index in [0.717, 1.165) is 17.8 Å². The molecule has 4 nitrogen and oxygen atoms in total. The predicted molar refractivity (Wildman–Crippen MR) is 104 cm³/mol. The zero-order valence-electron chi connectivity index (χ0n) is 14.5. The maximum absolute atomic E-state index is 11.9. The van der Waals surface area contributed by atoms with Gasteiger partial charge in [-0.05, 0) is 45.7 Å². The first-order chi connectivity index (χ1) is 9.91. The van der Waals surface area contributed by atoms with Crippen molar-refractivity contribution in [2.75, 3.05) is 18.8 Å². The molecule has 0 aromatic heterocycles. The molecule has 3 N–H and O–H groups in total. The average Bonchev–Trinajstić information content (AvgIpc) is 2.41. The third kappa shape index (κ3) is 9.04. The van der Waals surface area contributed by atoms with Gasteiger partial charge in [-0.3, -0.25) is 9.69 Å². The smallest absolute Gasteiger partial charge is 0.220 e. The summed E-state index contributed by atoms with van der Waals surface area (Å²) in [6, 6.07) is 8.69. The average molecular weight is 364 g/mol. The lowest BCUT2D eigenvalue weighted by atomic mass is 10.1. The molecule has 134 valence electrons. The SMILES string of the molecule is CC(C)N(CCNC(=O)CCc1ccccc1N)C(C)C.Cl.Cl. The molecule has 6 heteroatoms. The van der Waals surface area contributed by atoms with Gasteiger partial charge in [0.1, 0.15) is 0 Å². The topological polar surface area (TPSA) is 58.4 Å². The Morgan fingerprint density at radius 1 is 1.13 bits per heavy atom. The molecule has 1 amide bonds. The van der Waals surface area contributed by atoms with Gasteiger partial charge >= 0.3 is 0 Å². The minimum Gasteiger partial charge on any atom is -0.399 e. The van der Waals surface area contributed by atoms with Crippen LogP contribution in [0.2, 0.25) is 0 Å². The van der Waals surface area contributed by atoms with Crippen LogP contribution >= 0.6 is 24.8 Å². The van der Waals surface area contributed by atoms with Crippen molar-refractivity contribution in [1.29, 1.82) is 0 Å². The number of halogens is 2. The first kappa shape index (κ1) is 24.3. The molecule has 1 aromatic rings. The van der Waals surface area contributed by atoms with Crippen molar-refractivity contribution in [3.8, 4) is 0 Å². The minimum atomic E-state index is 0. The summed E-state index contributed by atoms with van der Waals surface area (Å²) in [7, 11) is 0. The monoisotopic (exact) mass is 363 g/mol. The predicted octanol–water partition coefficient (Wildman–Crippen LogP) is 3.28. The van der Waals surface area contributed by atoms with E-state index in [0.29, 0.717) is 31.5 Å². The highest BCUT2D eigenvalue weighted by Crippen LogP contribution is 2.12. The molecule has 23 heavy (non-hydrogen) atoms. The Kier molecular flexibility index (Phi) is 13.1. The number of amides is 1. The standard InChI is InChI=1S/C17H29N3O.2ClH/c1-13(2)20(14(3)4)12-11-19-17(21)10-9-15-7-5-6-8-16(15)18;;/h5-8,13-14H,9-12,18H2,1-4H3,(H,19,21);2*1H. The van der Waals surface area contributed by atoms with E-state index in [4.69, 9.17) is 5.73 Å². The summed E-state index contributed by atoms with van der Waals surface area (Å²) in [6.45, 7) is 10.3. The van der Waals surface area contributed by atoms with E-state index in [1.807, 2.05) is 24.3 Å². The zero-order valence-corrected chi connectivity index (χ0v) is 16.2. The summed E-state index contributed by atoms with van der Waals surface area (Å²) in [4.78, 5) is 14.2. The van der Waals surface area contributed by atoms with Gasteiger partial charge in [0.2, 0.25) is 5.91 Å². The van der Waals surface area contributed by atoms with E-state index in [1.165, 1.54) is 0 Å². The van der Waals surface area contributed by atoms with Crippen LogP contribution < -0.4 is 11.1 Å². The van der Waals surface area contributed by atoms with Crippen molar-refractivity contribution in [2.24, 2.45) is 0 Å². The summed E-state index contributed by atoms with van der Waals surface area (Å²) >= 11 is 0. The molecular formula is C17H31Cl2N3O. The van der Waals surface area contributed by atoms with Crippen molar-refractivity contribution < 1.29 is 4.79 Å². The number of anilines is 1. The lowest BCUT2D eigenvalue weighted by Gasteiger charge is -2.30. The highest BCUT2D eigenvalue weighted by atomic mass is 35.5. The maximum Gasteiger partial charge on any atom is 0.220 e. The quantitative estimate of drug-likeness (QED) is 0.696. The number of nitrogens with two attached hydrogens (primary N) is 1. The highest BCUT2D eigenvalue weighted by Gasteiger charge is 2.13. The fourth-order valence-electron chi connectivity index (χ4n) is 2.54. The Hall–Kier alpha value is -0.970. The molecule has 0 saturated heterocycles. The molecule has 0 radical (unpaired) electrons. The van der Waals surface area contributed by atoms with Crippen LogP contribution in [0.5, 0.6) is 0 Å². The molecule has 0 bridgehead atoms. The largest absolute Gasteiger partial charge is 0.399 e. The molecule has 0 aliphatic heterocycles. The van der Waals surface area contributed by atoms with Gasteiger partial charge in [-0.2, -0.15) is 0 Å². The molecule has 0 aliphatic rings. The van der Waals surface area contributed by atoms with Gasteiger partial charge in [0.25, 0.3) is 0 Å². The summed E-state index contributed by atoms with van der Waals surface area (Å²) in [6.07, 6.45) is 1.17. The van der Waals surface area contributed by atoms with Crippen LogP contribution in [-0.4, -0.2) is 36.0 Å². The van der Waals surface area contributed by atoms with Crippen LogP contribution in [0.15, 0.2) is 24.3 Å². The molecule has 1 aromatic carbocycles. The van der Waals surface area contributed by atoms with Crippen LogP contribution in [0.3, 0.4) is 0 Å². The highest BCUT2D eigenvalue weighted by molar-refractivity contribution is 5.85. The lowest BCUT2D eigenvalue weighted by Crippen LogP contribution is -2.42. The summed E-state index contributed by atoms with van der Waals surface area (Å²) in [5.41, 5.74) is 7.68. The number of nitrogen functional groups attached to an aromatic ring is 1. The van der Waals surface area contributed by atoms with Gasteiger partial charge in [0, 0.05) is 37.3 Å². The normalized spacial score (nSPS) is 10.4. The van der Waals surface area contributed by atoms with E-state index in [-0.39, 0.29) is 30.7 Å². The first-order valence-electron chi connectivity index (χ1n) is 7.77.